The minimum Gasteiger partial charge on any atom is -0.495 e. The molecule has 0 unspecified atom stereocenters. The first-order valence-corrected chi connectivity index (χ1v) is 17.9. The molecular weight excluding hydrogens is 693 g/mol. The monoisotopic (exact) mass is 729 g/mol. The number of aryl methyl sites for hydroxylation is 1. The number of carbonyl (C=O) groups is 2. The van der Waals surface area contributed by atoms with Gasteiger partial charge in [-0.15, -0.1) is 0 Å². The van der Waals surface area contributed by atoms with Crippen molar-refractivity contribution in [1.82, 2.24) is 10.2 Å². The molecule has 4 rings (SSSR count). The van der Waals surface area contributed by atoms with Crippen LogP contribution in [-0.4, -0.2) is 50.9 Å². The van der Waals surface area contributed by atoms with Gasteiger partial charge in [-0.3, -0.25) is 13.9 Å². The normalized spacial score (nSPS) is 12.6. The molecule has 0 radical (unpaired) electrons. The molecule has 0 aliphatic heterocycles. The Morgan fingerprint density at radius 2 is 1.52 bits per heavy atom. The van der Waals surface area contributed by atoms with Crippen LogP contribution < -0.4 is 14.4 Å². The zero-order valence-electron chi connectivity index (χ0n) is 27.1. The van der Waals surface area contributed by atoms with Crippen molar-refractivity contribution >= 4 is 62.3 Å². The van der Waals surface area contributed by atoms with E-state index in [1.165, 1.54) is 42.3 Å². The van der Waals surface area contributed by atoms with Gasteiger partial charge in [0.1, 0.15) is 18.3 Å². The first-order valence-electron chi connectivity index (χ1n) is 15.3. The lowest BCUT2D eigenvalue weighted by atomic mass is 10.0. The van der Waals surface area contributed by atoms with Crippen molar-refractivity contribution in [3.05, 3.63) is 123 Å². The Hall–Kier alpha value is -3.76. The number of ether oxygens (including phenoxy) is 1. The first kappa shape index (κ1) is 37.1. The number of carbonyl (C=O) groups excluding carboxylic acids is 2. The van der Waals surface area contributed by atoms with Crippen molar-refractivity contribution in [2.45, 2.75) is 57.1 Å². The van der Waals surface area contributed by atoms with Gasteiger partial charge >= 0.3 is 0 Å². The molecule has 2 amide bonds. The van der Waals surface area contributed by atoms with Gasteiger partial charge in [-0.2, -0.15) is 0 Å². The van der Waals surface area contributed by atoms with Crippen LogP contribution in [0.25, 0.3) is 0 Å². The highest BCUT2D eigenvalue weighted by Gasteiger charge is 2.35. The van der Waals surface area contributed by atoms with E-state index in [-0.39, 0.29) is 34.6 Å². The molecule has 48 heavy (non-hydrogen) atoms. The van der Waals surface area contributed by atoms with Crippen LogP contribution in [0.3, 0.4) is 0 Å². The average Bonchev–Trinajstić information content (AvgIpc) is 3.06. The Bertz CT molecular complexity index is 1820. The predicted molar refractivity (Wildman–Crippen MR) is 193 cm³/mol. The third-order valence-corrected chi connectivity index (χ3v) is 10.8. The Labute approximate surface area is 297 Å². The van der Waals surface area contributed by atoms with Crippen molar-refractivity contribution in [3.63, 3.8) is 0 Å². The predicted octanol–water partition coefficient (Wildman–Crippen LogP) is 7.71. The zero-order valence-corrected chi connectivity index (χ0v) is 30.2. The molecule has 0 aliphatic rings. The largest absolute Gasteiger partial charge is 0.495 e. The summed E-state index contributed by atoms with van der Waals surface area (Å²) in [7, 11) is -2.87. The van der Waals surface area contributed by atoms with Gasteiger partial charge in [0, 0.05) is 34.6 Å². The Kier molecular flexibility index (Phi) is 12.8. The third-order valence-electron chi connectivity index (χ3n) is 7.97. The standard InChI is InChI=1S/C36H38Cl3N3O5S/c1-5-25(3)40-36(44)33(20-26-10-7-6-8-11-26)41(22-29-30(37)12-9-13-31(29)38)35(43)23-42(27-16-19-34(47-4)32(39)21-27)48(45,46)28-17-14-24(2)15-18-28/h6-19,21,25,33H,5,20,22-23H2,1-4H3,(H,40,44)/t25-,33+/m0/s1. The Morgan fingerprint density at radius 3 is 2.10 bits per heavy atom. The molecule has 0 aromatic heterocycles. The number of anilines is 1. The van der Waals surface area contributed by atoms with Crippen LogP contribution in [0.2, 0.25) is 15.1 Å². The van der Waals surface area contributed by atoms with Gasteiger partial charge in [0.25, 0.3) is 10.0 Å². The molecule has 0 saturated carbocycles. The summed E-state index contributed by atoms with van der Waals surface area (Å²) in [6.07, 6.45) is 0.810. The molecule has 2 atom stereocenters. The number of nitrogens with one attached hydrogen (secondary N) is 1. The summed E-state index contributed by atoms with van der Waals surface area (Å²) in [5, 5.41) is 3.76. The number of nitrogens with zero attached hydrogens (tertiary/aromatic N) is 2. The fourth-order valence-corrected chi connectivity index (χ4v) is 7.20. The highest BCUT2D eigenvalue weighted by Crippen LogP contribution is 2.33. The maximum Gasteiger partial charge on any atom is 0.264 e. The van der Waals surface area contributed by atoms with E-state index < -0.39 is 34.4 Å². The molecule has 8 nitrogen and oxygen atoms in total. The van der Waals surface area contributed by atoms with Crippen LogP contribution in [0.4, 0.5) is 5.69 Å². The van der Waals surface area contributed by atoms with Crippen LogP contribution in [-0.2, 0) is 32.6 Å². The van der Waals surface area contributed by atoms with Gasteiger partial charge in [-0.1, -0.05) is 95.8 Å². The van der Waals surface area contributed by atoms with E-state index in [0.29, 0.717) is 27.8 Å². The second-order valence-electron chi connectivity index (χ2n) is 11.4. The minimum atomic E-state index is -4.32. The van der Waals surface area contributed by atoms with E-state index in [0.717, 1.165) is 15.4 Å². The van der Waals surface area contributed by atoms with E-state index in [1.54, 1.807) is 30.3 Å². The molecule has 0 aliphatic carbocycles. The minimum absolute atomic E-state index is 0.0242. The molecular formula is C36H38Cl3N3O5S. The van der Waals surface area contributed by atoms with E-state index >= 15 is 0 Å². The van der Waals surface area contributed by atoms with Crippen molar-refractivity contribution in [2.75, 3.05) is 18.0 Å². The summed E-state index contributed by atoms with van der Waals surface area (Å²) in [5.41, 5.74) is 2.22. The third kappa shape index (κ3) is 9.02. The molecule has 12 heteroatoms. The number of sulfonamides is 1. The van der Waals surface area contributed by atoms with Gasteiger partial charge < -0.3 is 15.0 Å². The zero-order chi connectivity index (χ0) is 35.0. The maximum absolute atomic E-state index is 14.7. The number of benzene rings is 4. The summed E-state index contributed by atoms with van der Waals surface area (Å²) in [5.74, 6) is -0.724. The Balaban J connectivity index is 1.87. The molecule has 254 valence electrons. The van der Waals surface area contributed by atoms with Crippen LogP contribution in [0.5, 0.6) is 5.75 Å². The van der Waals surface area contributed by atoms with Crippen molar-refractivity contribution in [2.24, 2.45) is 0 Å². The van der Waals surface area contributed by atoms with Gasteiger partial charge in [0.2, 0.25) is 11.8 Å². The fourth-order valence-electron chi connectivity index (χ4n) is 5.03. The molecule has 0 saturated heterocycles. The second-order valence-corrected chi connectivity index (χ2v) is 14.5. The van der Waals surface area contributed by atoms with Crippen LogP contribution >= 0.6 is 34.8 Å². The van der Waals surface area contributed by atoms with Crippen molar-refractivity contribution in [1.29, 1.82) is 0 Å². The van der Waals surface area contributed by atoms with Crippen LogP contribution in [0.1, 0.15) is 37.0 Å². The number of methoxy groups -OCH3 is 1. The maximum atomic E-state index is 14.7. The number of hydrogen-bond donors (Lipinski definition) is 1. The molecule has 4 aromatic rings. The summed E-state index contributed by atoms with van der Waals surface area (Å²) in [6, 6.07) is 23.8. The lowest BCUT2D eigenvalue weighted by Gasteiger charge is -2.34. The highest BCUT2D eigenvalue weighted by atomic mass is 35.5. The average molecular weight is 731 g/mol. The topological polar surface area (TPSA) is 96.0 Å². The van der Waals surface area contributed by atoms with Crippen LogP contribution in [0.15, 0.2) is 95.9 Å². The summed E-state index contributed by atoms with van der Waals surface area (Å²) < 4.78 is 34.8. The van der Waals surface area contributed by atoms with Crippen LogP contribution in [0, 0.1) is 6.92 Å². The Morgan fingerprint density at radius 1 is 0.875 bits per heavy atom. The fraction of sp³-hybridized carbons (Fsp3) is 0.278. The molecule has 1 N–H and O–H groups in total. The quantitative estimate of drug-likeness (QED) is 0.143. The number of amides is 2. The van der Waals surface area contributed by atoms with Crippen molar-refractivity contribution in [3.8, 4) is 5.75 Å². The van der Waals surface area contributed by atoms with Gasteiger partial charge in [-0.25, -0.2) is 8.42 Å². The number of hydrogen-bond acceptors (Lipinski definition) is 5. The highest BCUT2D eigenvalue weighted by molar-refractivity contribution is 7.92. The molecule has 4 aromatic carbocycles. The molecule has 0 spiro atoms. The van der Waals surface area contributed by atoms with E-state index in [9.17, 15) is 18.0 Å². The lowest BCUT2D eigenvalue weighted by molar-refractivity contribution is -0.140. The smallest absolute Gasteiger partial charge is 0.264 e. The first-order chi connectivity index (χ1) is 22.8. The van der Waals surface area contributed by atoms with Gasteiger partial charge in [-0.05, 0) is 68.3 Å². The second kappa shape index (κ2) is 16.6. The number of halogens is 3. The molecule has 0 heterocycles. The van der Waals surface area contributed by atoms with E-state index in [4.69, 9.17) is 39.5 Å². The SMILES string of the molecule is CC[C@H](C)NC(=O)[C@@H](Cc1ccccc1)N(Cc1c(Cl)cccc1Cl)C(=O)CN(c1ccc(OC)c(Cl)c1)S(=O)(=O)c1ccc(C)cc1. The molecule has 0 fully saturated rings. The number of rotatable bonds is 14. The van der Waals surface area contributed by atoms with Crippen molar-refractivity contribution < 1.29 is 22.7 Å². The molecule has 0 bridgehead atoms. The summed E-state index contributed by atoms with van der Waals surface area (Å²) >= 11 is 19.6. The summed E-state index contributed by atoms with van der Waals surface area (Å²) in [6.45, 7) is 4.83. The van der Waals surface area contributed by atoms with Gasteiger partial charge in [0.05, 0.1) is 22.7 Å². The summed E-state index contributed by atoms with van der Waals surface area (Å²) in [4.78, 5) is 30.0. The van der Waals surface area contributed by atoms with E-state index in [1.807, 2.05) is 51.1 Å². The van der Waals surface area contributed by atoms with E-state index in [2.05, 4.69) is 5.32 Å². The van der Waals surface area contributed by atoms with Gasteiger partial charge in [0.15, 0.2) is 0 Å². The lowest BCUT2D eigenvalue weighted by Crippen LogP contribution is -2.54.